The lowest BCUT2D eigenvalue weighted by atomic mass is 10.0. The number of imide groups is 1. The fraction of sp³-hybridized carbons (Fsp3) is 0.320. The minimum atomic E-state index is -0.577. The van der Waals surface area contributed by atoms with Crippen LogP contribution in [0.3, 0.4) is 0 Å². The number of ether oxygens (including phenoxy) is 1. The highest BCUT2D eigenvalue weighted by Gasteiger charge is 2.39. The molecule has 1 saturated heterocycles. The molecule has 3 amide bonds. The number of halogens is 1. The molecule has 2 aliphatic heterocycles. The van der Waals surface area contributed by atoms with Crippen LogP contribution in [0.2, 0.25) is 0 Å². The van der Waals surface area contributed by atoms with Crippen LogP contribution in [0, 0.1) is 0 Å². The molecule has 2 aromatic carbocycles. The fourth-order valence-corrected chi connectivity index (χ4v) is 4.03. The van der Waals surface area contributed by atoms with Crippen LogP contribution >= 0.6 is 11.6 Å². The molecule has 1 fully saturated rings. The van der Waals surface area contributed by atoms with Gasteiger partial charge in [-0.2, -0.15) is 0 Å². The first kappa shape index (κ1) is 23.0. The molecule has 7 nitrogen and oxygen atoms in total. The molecule has 0 aliphatic carbocycles. The lowest BCUT2D eigenvalue weighted by Gasteiger charge is -2.16. The SMILES string of the molecule is CC(C)c1ccc(N2C(=O)C(Cl)=C(Nc3ccc(C(=O)NCC4CCCO4)cc3)C2=O)cc1. The van der Waals surface area contributed by atoms with Crippen molar-refractivity contribution in [2.24, 2.45) is 0 Å². The number of hydrogen-bond donors (Lipinski definition) is 2. The van der Waals surface area contributed by atoms with E-state index in [2.05, 4.69) is 24.5 Å². The quantitative estimate of drug-likeness (QED) is 0.597. The van der Waals surface area contributed by atoms with Crippen LogP contribution in [-0.4, -0.2) is 37.0 Å². The zero-order valence-electron chi connectivity index (χ0n) is 18.6. The van der Waals surface area contributed by atoms with Gasteiger partial charge in [0.25, 0.3) is 17.7 Å². The molecule has 0 spiro atoms. The summed E-state index contributed by atoms with van der Waals surface area (Å²) in [7, 11) is 0. The van der Waals surface area contributed by atoms with E-state index in [-0.39, 0.29) is 22.7 Å². The summed E-state index contributed by atoms with van der Waals surface area (Å²) in [5.74, 6) is -0.964. The third-order valence-corrected chi connectivity index (χ3v) is 6.13. The third-order valence-electron chi connectivity index (χ3n) is 5.78. The Labute approximate surface area is 197 Å². The van der Waals surface area contributed by atoms with Crippen LogP contribution in [-0.2, 0) is 14.3 Å². The maximum Gasteiger partial charge on any atom is 0.283 e. The molecule has 172 valence electrons. The van der Waals surface area contributed by atoms with Crippen LogP contribution in [0.15, 0.2) is 59.3 Å². The number of carbonyl (C=O) groups excluding carboxylic acids is 3. The molecule has 0 bridgehead atoms. The predicted molar refractivity (Wildman–Crippen MR) is 127 cm³/mol. The van der Waals surface area contributed by atoms with Gasteiger partial charge < -0.3 is 15.4 Å². The largest absolute Gasteiger partial charge is 0.376 e. The molecule has 33 heavy (non-hydrogen) atoms. The topological polar surface area (TPSA) is 87.7 Å². The first-order valence-electron chi connectivity index (χ1n) is 11.0. The zero-order valence-corrected chi connectivity index (χ0v) is 19.3. The Kier molecular flexibility index (Phi) is 6.81. The predicted octanol–water partition coefficient (Wildman–Crippen LogP) is 4.15. The zero-order chi connectivity index (χ0) is 23.5. The van der Waals surface area contributed by atoms with Crippen molar-refractivity contribution >= 4 is 40.7 Å². The van der Waals surface area contributed by atoms with E-state index in [9.17, 15) is 14.4 Å². The summed E-state index contributed by atoms with van der Waals surface area (Å²) in [6.07, 6.45) is 2.03. The Morgan fingerprint density at radius 2 is 1.79 bits per heavy atom. The number of benzene rings is 2. The van der Waals surface area contributed by atoms with Gasteiger partial charge in [0, 0.05) is 24.4 Å². The molecular formula is C25H26ClN3O4. The van der Waals surface area contributed by atoms with Crippen molar-refractivity contribution in [3.05, 3.63) is 70.4 Å². The van der Waals surface area contributed by atoms with Crippen molar-refractivity contribution in [1.29, 1.82) is 0 Å². The Hall–Kier alpha value is -3.16. The van der Waals surface area contributed by atoms with Gasteiger partial charge in [0.2, 0.25) is 0 Å². The molecular weight excluding hydrogens is 442 g/mol. The second kappa shape index (κ2) is 9.77. The van der Waals surface area contributed by atoms with E-state index in [1.165, 1.54) is 0 Å². The minimum Gasteiger partial charge on any atom is -0.376 e. The number of nitrogens with one attached hydrogen (secondary N) is 2. The van der Waals surface area contributed by atoms with E-state index >= 15 is 0 Å². The summed E-state index contributed by atoms with van der Waals surface area (Å²) in [6.45, 7) is 5.36. The van der Waals surface area contributed by atoms with Crippen LogP contribution in [0.25, 0.3) is 0 Å². The van der Waals surface area contributed by atoms with E-state index in [0.29, 0.717) is 29.4 Å². The molecule has 0 aromatic heterocycles. The average Bonchev–Trinajstić information content (AvgIpc) is 3.41. The highest BCUT2D eigenvalue weighted by molar-refractivity contribution is 6.53. The van der Waals surface area contributed by atoms with Crippen LogP contribution in [0.5, 0.6) is 0 Å². The average molecular weight is 468 g/mol. The Balaban J connectivity index is 1.42. The van der Waals surface area contributed by atoms with Crippen molar-refractivity contribution in [2.45, 2.75) is 38.7 Å². The number of rotatable bonds is 7. The highest BCUT2D eigenvalue weighted by atomic mass is 35.5. The summed E-state index contributed by atoms with van der Waals surface area (Å²) < 4.78 is 5.51. The molecule has 8 heteroatoms. The summed E-state index contributed by atoms with van der Waals surface area (Å²) in [4.78, 5) is 39.0. The molecule has 0 saturated carbocycles. The number of carbonyl (C=O) groups is 3. The van der Waals surface area contributed by atoms with Crippen LogP contribution in [0.1, 0.15) is 48.5 Å². The van der Waals surface area contributed by atoms with Gasteiger partial charge in [0.05, 0.1) is 11.8 Å². The Morgan fingerprint density at radius 1 is 1.09 bits per heavy atom. The Morgan fingerprint density at radius 3 is 2.39 bits per heavy atom. The third kappa shape index (κ3) is 4.94. The second-order valence-electron chi connectivity index (χ2n) is 8.43. The second-order valence-corrected chi connectivity index (χ2v) is 8.81. The lowest BCUT2D eigenvalue weighted by Crippen LogP contribution is -2.32. The normalized spacial score (nSPS) is 18.4. The summed E-state index contributed by atoms with van der Waals surface area (Å²) in [6, 6.07) is 13.9. The van der Waals surface area contributed by atoms with E-state index in [1.807, 2.05) is 12.1 Å². The standard InChI is InChI=1S/C25H26ClN3O4/c1-15(2)16-7-11-19(12-8-16)29-24(31)21(26)22(25(29)32)28-18-9-5-17(6-10-18)23(30)27-14-20-4-3-13-33-20/h5-12,15,20,28H,3-4,13-14H2,1-2H3,(H,27,30). The fourth-order valence-electron chi connectivity index (χ4n) is 3.82. The molecule has 2 N–H and O–H groups in total. The maximum absolute atomic E-state index is 13.0. The molecule has 2 aliphatic rings. The van der Waals surface area contributed by atoms with Crippen molar-refractivity contribution in [2.75, 3.05) is 23.4 Å². The summed E-state index contributed by atoms with van der Waals surface area (Å²) >= 11 is 6.21. The van der Waals surface area contributed by atoms with Crippen LogP contribution < -0.4 is 15.5 Å². The number of nitrogens with zero attached hydrogens (tertiary/aromatic N) is 1. The van der Waals surface area contributed by atoms with Gasteiger partial charge in [0.15, 0.2) is 0 Å². The lowest BCUT2D eigenvalue weighted by molar-refractivity contribution is -0.120. The first-order valence-corrected chi connectivity index (χ1v) is 11.4. The molecule has 2 heterocycles. The van der Waals surface area contributed by atoms with Gasteiger partial charge >= 0.3 is 0 Å². The van der Waals surface area contributed by atoms with E-state index in [0.717, 1.165) is 29.9 Å². The number of anilines is 2. The molecule has 2 aromatic rings. The van der Waals surface area contributed by atoms with Gasteiger partial charge in [-0.1, -0.05) is 37.6 Å². The van der Waals surface area contributed by atoms with Crippen LogP contribution in [0.4, 0.5) is 11.4 Å². The molecule has 4 rings (SSSR count). The van der Waals surface area contributed by atoms with E-state index in [1.54, 1.807) is 36.4 Å². The molecule has 1 atom stereocenters. The number of hydrogen-bond acceptors (Lipinski definition) is 5. The van der Waals surface area contributed by atoms with Crippen molar-refractivity contribution in [3.63, 3.8) is 0 Å². The maximum atomic E-state index is 13.0. The van der Waals surface area contributed by atoms with Crippen molar-refractivity contribution in [1.82, 2.24) is 5.32 Å². The molecule has 0 radical (unpaired) electrons. The monoisotopic (exact) mass is 467 g/mol. The van der Waals surface area contributed by atoms with Gasteiger partial charge in [0.1, 0.15) is 10.7 Å². The highest BCUT2D eigenvalue weighted by Crippen LogP contribution is 2.31. The summed E-state index contributed by atoms with van der Waals surface area (Å²) in [5, 5.41) is 5.62. The van der Waals surface area contributed by atoms with Crippen molar-refractivity contribution < 1.29 is 19.1 Å². The van der Waals surface area contributed by atoms with E-state index in [4.69, 9.17) is 16.3 Å². The first-order chi connectivity index (χ1) is 15.8. The van der Waals surface area contributed by atoms with Gasteiger partial charge in [-0.25, -0.2) is 4.90 Å². The van der Waals surface area contributed by atoms with Gasteiger partial charge in [-0.15, -0.1) is 0 Å². The minimum absolute atomic E-state index is 0.00480. The Bertz CT molecular complexity index is 1090. The summed E-state index contributed by atoms with van der Waals surface area (Å²) in [5.41, 5.74) is 2.60. The van der Waals surface area contributed by atoms with Gasteiger partial charge in [-0.3, -0.25) is 14.4 Å². The number of amides is 3. The van der Waals surface area contributed by atoms with E-state index < -0.39 is 11.8 Å². The van der Waals surface area contributed by atoms with Gasteiger partial charge in [-0.05, 0) is 60.7 Å². The molecule has 1 unspecified atom stereocenters. The smallest absolute Gasteiger partial charge is 0.283 e. The van der Waals surface area contributed by atoms with Crippen molar-refractivity contribution in [3.8, 4) is 0 Å².